The first-order valence-electron chi connectivity index (χ1n) is 8.51. The lowest BCUT2D eigenvalue weighted by atomic mass is 9.99. The SMILES string of the molecule is CC(C)(C)N(C(=O)C1Cc2ccc(C(F)(F)F)cc2C1)c1ccccn1. The first-order valence-corrected chi connectivity index (χ1v) is 8.51. The summed E-state index contributed by atoms with van der Waals surface area (Å²) >= 11 is 0. The summed E-state index contributed by atoms with van der Waals surface area (Å²) in [4.78, 5) is 19.1. The van der Waals surface area contributed by atoms with Crippen molar-refractivity contribution in [1.29, 1.82) is 0 Å². The number of pyridine rings is 1. The highest BCUT2D eigenvalue weighted by atomic mass is 19.4. The number of aromatic nitrogens is 1. The number of anilines is 1. The standard InChI is InChI=1S/C20H21F3N2O/c1-19(2,3)25(17-6-4-5-9-24-17)18(26)15-10-13-7-8-16(20(21,22)23)12-14(13)11-15/h4-9,12,15H,10-11H2,1-3H3. The molecular formula is C20H21F3N2O. The van der Waals surface area contributed by atoms with Crippen LogP contribution in [0.25, 0.3) is 0 Å². The molecule has 0 saturated carbocycles. The van der Waals surface area contributed by atoms with Gasteiger partial charge in [0, 0.05) is 17.7 Å². The van der Waals surface area contributed by atoms with E-state index in [4.69, 9.17) is 0 Å². The summed E-state index contributed by atoms with van der Waals surface area (Å²) in [6.07, 6.45) is -1.98. The number of nitrogens with zero attached hydrogens (tertiary/aromatic N) is 2. The van der Waals surface area contributed by atoms with Gasteiger partial charge in [-0.15, -0.1) is 0 Å². The van der Waals surface area contributed by atoms with E-state index in [1.807, 2.05) is 26.8 Å². The number of carbonyl (C=O) groups excluding carboxylic acids is 1. The molecule has 1 aliphatic carbocycles. The molecule has 3 nitrogen and oxygen atoms in total. The van der Waals surface area contributed by atoms with Gasteiger partial charge in [0.15, 0.2) is 0 Å². The van der Waals surface area contributed by atoms with Crippen LogP contribution >= 0.6 is 0 Å². The van der Waals surface area contributed by atoms with Crippen LogP contribution in [-0.4, -0.2) is 16.4 Å². The second kappa shape index (κ2) is 6.41. The Bertz CT molecular complexity index is 810. The molecule has 0 radical (unpaired) electrons. The predicted octanol–water partition coefficient (Wildman–Crippen LogP) is 4.65. The van der Waals surface area contributed by atoms with E-state index < -0.39 is 17.3 Å². The smallest absolute Gasteiger partial charge is 0.291 e. The van der Waals surface area contributed by atoms with E-state index >= 15 is 0 Å². The maximum absolute atomic E-state index is 13.2. The highest BCUT2D eigenvalue weighted by Crippen LogP contribution is 2.36. The predicted molar refractivity (Wildman–Crippen MR) is 93.8 cm³/mol. The van der Waals surface area contributed by atoms with Crippen molar-refractivity contribution in [3.63, 3.8) is 0 Å². The Balaban J connectivity index is 1.88. The number of amides is 1. The Kier molecular flexibility index (Phi) is 4.54. The number of benzene rings is 1. The summed E-state index contributed by atoms with van der Waals surface area (Å²) in [5.74, 6) is 0.0626. The van der Waals surface area contributed by atoms with E-state index in [0.717, 1.165) is 11.6 Å². The van der Waals surface area contributed by atoms with Crippen molar-refractivity contribution in [1.82, 2.24) is 4.98 Å². The Labute approximate surface area is 150 Å². The Morgan fingerprint density at radius 2 is 1.77 bits per heavy atom. The minimum absolute atomic E-state index is 0.110. The molecule has 0 bridgehead atoms. The number of rotatable bonds is 2. The van der Waals surface area contributed by atoms with E-state index in [9.17, 15) is 18.0 Å². The van der Waals surface area contributed by atoms with Crippen molar-refractivity contribution < 1.29 is 18.0 Å². The zero-order chi connectivity index (χ0) is 19.1. The third-order valence-electron chi connectivity index (χ3n) is 4.59. The lowest BCUT2D eigenvalue weighted by molar-refractivity contribution is -0.137. The summed E-state index contributed by atoms with van der Waals surface area (Å²) in [6, 6.07) is 9.11. The van der Waals surface area contributed by atoms with Gasteiger partial charge in [-0.1, -0.05) is 12.1 Å². The van der Waals surface area contributed by atoms with Gasteiger partial charge in [0.2, 0.25) is 5.91 Å². The van der Waals surface area contributed by atoms with Crippen LogP contribution < -0.4 is 4.90 Å². The van der Waals surface area contributed by atoms with Gasteiger partial charge in [0.25, 0.3) is 0 Å². The number of alkyl halides is 3. The fourth-order valence-electron chi connectivity index (χ4n) is 3.42. The van der Waals surface area contributed by atoms with Crippen LogP contribution in [0.15, 0.2) is 42.6 Å². The van der Waals surface area contributed by atoms with Crippen molar-refractivity contribution in [3.8, 4) is 0 Å². The molecule has 1 unspecified atom stereocenters. The molecule has 3 rings (SSSR count). The fraction of sp³-hybridized carbons (Fsp3) is 0.400. The van der Waals surface area contributed by atoms with E-state index in [-0.39, 0.29) is 11.8 Å². The summed E-state index contributed by atoms with van der Waals surface area (Å²) in [5, 5.41) is 0. The van der Waals surface area contributed by atoms with E-state index in [1.165, 1.54) is 12.1 Å². The molecule has 1 heterocycles. The van der Waals surface area contributed by atoms with Crippen LogP contribution in [0.5, 0.6) is 0 Å². The lowest BCUT2D eigenvalue weighted by Crippen LogP contribution is -2.49. The van der Waals surface area contributed by atoms with Crippen molar-refractivity contribution in [3.05, 3.63) is 59.3 Å². The maximum atomic E-state index is 13.2. The van der Waals surface area contributed by atoms with Gasteiger partial charge >= 0.3 is 6.18 Å². The van der Waals surface area contributed by atoms with Crippen LogP contribution in [0.2, 0.25) is 0 Å². The van der Waals surface area contributed by atoms with E-state index in [0.29, 0.717) is 24.2 Å². The molecule has 1 atom stereocenters. The zero-order valence-electron chi connectivity index (χ0n) is 15.0. The fourth-order valence-corrected chi connectivity index (χ4v) is 3.42. The number of hydrogen-bond acceptors (Lipinski definition) is 2. The van der Waals surface area contributed by atoms with Gasteiger partial charge in [-0.2, -0.15) is 13.2 Å². The number of fused-ring (bicyclic) bond motifs is 1. The molecule has 1 aromatic heterocycles. The Morgan fingerprint density at radius 1 is 1.08 bits per heavy atom. The molecule has 26 heavy (non-hydrogen) atoms. The molecule has 1 aliphatic rings. The lowest BCUT2D eigenvalue weighted by Gasteiger charge is -2.36. The summed E-state index contributed by atoms with van der Waals surface area (Å²) in [5.41, 5.74) is 0.262. The van der Waals surface area contributed by atoms with Gasteiger partial charge in [-0.3, -0.25) is 9.69 Å². The summed E-state index contributed by atoms with van der Waals surface area (Å²) in [6.45, 7) is 5.76. The van der Waals surface area contributed by atoms with Crippen LogP contribution in [-0.2, 0) is 23.8 Å². The van der Waals surface area contributed by atoms with Gasteiger partial charge < -0.3 is 0 Å². The first-order chi connectivity index (χ1) is 12.1. The highest BCUT2D eigenvalue weighted by Gasteiger charge is 2.38. The van der Waals surface area contributed by atoms with Gasteiger partial charge in [0.1, 0.15) is 5.82 Å². The van der Waals surface area contributed by atoms with E-state index in [1.54, 1.807) is 23.2 Å². The van der Waals surface area contributed by atoms with Crippen molar-refractivity contribution in [2.24, 2.45) is 5.92 Å². The first kappa shape index (κ1) is 18.4. The molecule has 6 heteroatoms. The van der Waals surface area contributed by atoms with Crippen LogP contribution in [0.4, 0.5) is 19.0 Å². The topological polar surface area (TPSA) is 33.2 Å². The average Bonchev–Trinajstić information content (AvgIpc) is 2.97. The average molecular weight is 362 g/mol. The molecule has 0 saturated heterocycles. The van der Waals surface area contributed by atoms with Crippen molar-refractivity contribution in [2.75, 3.05) is 4.90 Å². The molecule has 0 fully saturated rings. The Hall–Kier alpha value is -2.37. The van der Waals surface area contributed by atoms with Crippen LogP contribution in [0.1, 0.15) is 37.5 Å². The third-order valence-corrected chi connectivity index (χ3v) is 4.59. The molecule has 0 spiro atoms. The zero-order valence-corrected chi connectivity index (χ0v) is 15.0. The normalized spacial score (nSPS) is 17.1. The monoisotopic (exact) mass is 362 g/mol. The molecule has 0 aliphatic heterocycles. The second-order valence-electron chi connectivity index (χ2n) is 7.62. The van der Waals surface area contributed by atoms with E-state index in [2.05, 4.69) is 4.98 Å². The quantitative estimate of drug-likeness (QED) is 0.779. The second-order valence-corrected chi connectivity index (χ2v) is 7.62. The summed E-state index contributed by atoms with van der Waals surface area (Å²) in [7, 11) is 0. The number of hydrogen-bond donors (Lipinski definition) is 0. The van der Waals surface area contributed by atoms with Crippen LogP contribution in [0, 0.1) is 5.92 Å². The molecule has 0 N–H and O–H groups in total. The molecule has 1 amide bonds. The van der Waals surface area contributed by atoms with Crippen molar-refractivity contribution in [2.45, 2.75) is 45.3 Å². The third kappa shape index (κ3) is 3.59. The Morgan fingerprint density at radius 3 is 2.35 bits per heavy atom. The minimum atomic E-state index is -4.37. The number of carbonyl (C=O) groups is 1. The molecular weight excluding hydrogens is 341 g/mol. The largest absolute Gasteiger partial charge is 0.416 e. The molecule has 138 valence electrons. The highest BCUT2D eigenvalue weighted by molar-refractivity contribution is 5.96. The summed E-state index contributed by atoms with van der Waals surface area (Å²) < 4.78 is 38.8. The molecule has 2 aromatic rings. The van der Waals surface area contributed by atoms with Crippen molar-refractivity contribution >= 4 is 11.7 Å². The minimum Gasteiger partial charge on any atom is -0.291 e. The van der Waals surface area contributed by atoms with Gasteiger partial charge in [-0.05, 0) is 69.0 Å². The van der Waals surface area contributed by atoms with Gasteiger partial charge in [-0.25, -0.2) is 4.98 Å². The number of halogens is 3. The molecule has 1 aromatic carbocycles. The van der Waals surface area contributed by atoms with Crippen LogP contribution in [0.3, 0.4) is 0 Å². The van der Waals surface area contributed by atoms with Gasteiger partial charge in [0.05, 0.1) is 5.56 Å². The maximum Gasteiger partial charge on any atom is 0.416 e.